The van der Waals surface area contributed by atoms with Crippen molar-refractivity contribution in [3.8, 4) is 0 Å². The van der Waals surface area contributed by atoms with Crippen LogP contribution in [-0.2, 0) is 15.8 Å². The third kappa shape index (κ3) is 4.02. The predicted molar refractivity (Wildman–Crippen MR) is 97.1 cm³/mol. The maximum absolute atomic E-state index is 12.7. The van der Waals surface area contributed by atoms with Gasteiger partial charge in [-0.3, -0.25) is 0 Å². The van der Waals surface area contributed by atoms with Crippen LogP contribution in [0.25, 0.3) is 10.9 Å². The highest BCUT2D eigenvalue weighted by Gasteiger charge is 2.19. The smallest absolute Gasteiger partial charge is 0.242 e. The SMILES string of the molecule is CCC.Cc1cc2ccccc2n1S(=O)(=O)Cc1ccccc1. The van der Waals surface area contributed by atoms with Gasteiger partial charge >= 0.3 is 0 Å². The molecule has 0 bridgehead atoms. The van der Waals surface area contributed by atoms with E-state index in [1.54, 1.807) is 0 Å². The summed E-state index contributed by atoms with van der Waals surface area (Å²) < 4.78 is 26.8. The molecule has 1 aromatic heterocycles. The molecule has 3 nitrogen and oxygen atoms in total. The lowest BCUT2D eigenvalue weighted by Crippen LogP contribution is -2.16. The Morgan fingerprint density at radius 1 is 0.913 bits per heavy atom. The van der Waals surface area contributed by atoms with Gasteiger partial charge in [0, 0.05) is 11.1 Å². The van der Waals surface area contributed by atoms with E-state index in [1.807, 2.05) is 67.6 Å². The van der Waals surface area contributed by atoms with Crippen LogP contribution in [0.4, 0.5) is 0 Å². The second-order valence-electron chi connectivity index (χ2n) is 5.56. The van der Waals surface area contributed by atoms with Gasteiger partial charge in [0.05, 0.1) is 11.3 Å². The highest BCUT2D eigenvalue weighted by atomic mass is 32.2. The summed E-state index contributed by atoms with van der Waals surface area (Å²) in [4.78, 5) is 0. The Labute approximate surface area is 138 Å². The molecule has 2 aromatic carbocycles. The zero-order chi connectivity index (χ0) is 16.9. The number of fused-ring (bicyclic) bond motifs is 1. The number of rotatable bonds is 3. The minimum Gasteiger partial charge on any atom is -0.242 e. The largest absolute Gasteiger partial charge is 0.243 e. The summed E-state index contributed by atoms with van der Waals surface area (Å²) >= 11 is 0. The number of hydrogen-bond donors (Lipinski definition) is 0. The quantitative estimate of drug-likeness (QED) is 0.696. The Morgan fingerprint density at radius 2 is 1.48 bits per heavy atom. The molecule has 0 atom stereocenters. The maximum Gasteiger partial charge on any atom is 0.243 e. The van der Waals surface area contributed by atoms with Gasteiger partial charge in [0.25, 0.3) is 0 Å². The van der Waals surface area contributed by atoms with Gasteiger partial charge in [-0.15, -0.1) is 0 Å². The second-order valence-corrected chi connectivity index (χ2v) is 7.38. The third-order valence-corrected chi connectivity index (χ3v) is 5.05. The van der Waals surface area contributed by atoms with Crippen LogP contribution in [0.3, 0.4) is 0 Å². The molecule has 0 saturated carbocycles. The van der Waals surface area contributed by atoms with Crippen molar-refractivity contribution in [3.05, 3.63) is 71.9 Å². The van der Waals surface area contributed by atoms with Crippen molar-refractivity contribution in [3.63, 3.8) is 0 Å². The summed E-state index contributed by atoms with van der Waals surface area (Å²) in [5.41, 5.74) is 2.27. The monoisotopic (exact) mass is 329 g/mol. The molecule has 0 N–H and O–H groups in total. The highest BCUT2D eigenvalue weighted by Crippen LogP contribution is 2.23. The van der Waals surface area contributed by atoms with Gasteiger partial charge in [0.15, 0.2) is 0 Å². The van der Waals surface area contributed by atoms with Gasteiger partial charge in [-0.2, -0.15) is 0 Å². The number of nitrogens with zero attached hydrogens (tertiary/aromatic N) is 1. The van der Waals surface area contributed by atoms with Crippen molar-refractivity contribution in [2.24, 2.45) is 0 Å². The number of hydrogen-bond acceptors (Lipinski definition) is 2. The van der Waals surface area contributed by atoms with E-state index in [4.69, 9.17) is 0 Å². The van der Waals surface area contributed by atoms with Crippen LogP contribution in [0, 0.1) is 6.92 Å². The zero-order valence-electron chi connectivity index (χ0n) is 13.9. The van der Waals surface area contributed by atoms with Crippen molar-refractivity contribution in [2.75, 3.05) is 0 Å². The van der Waals surface area contributed by atoms with Crippen molar-refractivity contribution in [1.29, 1.82) is 0 Å². The van der Waals surface area contributed by atoms with Gasteiger partial charge in [0.2, 0.25) is 10.0 Å². The average molecular weight is 329 g/mol. The lowest BCUT2D eigenvalue weighted by Gasteiger charge is -2.10. The van der Waals surface area contributed by atoms with Gasteiger partial charge in [-0.25, -0.2) is 12.4 Å². The Bertz CT molecular complexity index is 865. The number of aryl methyl sites for hydroxylation is 1. The standard InChI is InChI=1S/C16H15NO2S.C3H8/c1-13-11-15-9-5-6-10-16(15)17(13)20(18,19)12-14-7-3-2-4-8-14;1-3-2/h2-11H,12H2,1H3;3H2,1-2H3. The van der Waals surface area contributed by atoms with Crippen molar-refractivity contribution in [2.45, 2.75) is 32.9 Å². The normalized spacial score (nSPS) is 11.1. The summed E-state index contributed by atoms with van der Waals surface area (Å²) in [6.45, 7) is 6.07. The third-order valence-electron chi connectivity index (χ3n) is 3.31. The Balaban J connectivity index is 0.000000595. The molecule has 0 spiro atoms. The molecule has 0 aliphatic heterocycles. The molecule has 23 heavy (non-hydrogen) atoms. The Morgan fingerprint density at radius 3 is 2.13 bits per heavy atom. The molecular formula is C19H23NO2S. The van der Waals surface area contributed by atoms with Gasteiger partial charge < -0.3 is 0 Å². The first-order valence-corrected chi connectivity index (χ1v) is 9.44. The van der Waals surface area contributed by atoms with Crippen LogP contribution in [0.15, 0.2) is 60.7 Å². The molecule has 3 rings (SSSR count). The molecule has 0 radical (unpaired) electrons. The first kappa shape index (κ1) is 17.3. The lowest BCUT2D eigenvalue weighted by atomic mass is 10.2. The summed E-state index contributed by atoms with van der Waals surface area (Å²) in [7, 11) is -3.41. The number of benzene rings is 2. The summed E-state index contributed by atoms with van der Waals surface area (Å²) in [6, 6.07) is 18.7. The van der Waals surface area contributed by atoms with Crippen LogP contribution in [0.5, 0.6) is 0 Å². The average Bonchev–Trinajstić information content (AvgIpc) is 2.85. The van der Waals surface area contributed by atoms with Gasteiger partial charge in [-0.1, -0.05) is 68.8 Å². The molecule has 122 valence electrons. The molecule has 0 amide bonds. The molecule has 0 aliphatic rings. The van der Waals surface area contributed by atoms with Crippen molar-refractivity contribution < 1.29 is 8.42 Å². The lowest BCUT2D eigenvalue weighted by molar-refractivity contribution is 0.587. The molecule has 0 aliphatic carbocycles. The predicted octanol–water partition coefficient (Wildman–Crippen LogP) is 4.74. The van der Waals surface area contributed by atoms with Crippen molar-refractivity contribution >= 4 is 20.9 Å². The molecule has 3 aromatic rings. The minimum atomic E-state index is -3.41. The fourth-order valence-corrected chi connectivity index (χ4v) is 4.19. The Kier molecular flexibility index (Phi) is 5.61. The topological polar surface area (TPSA) is 39.1 Å². The van der Waals surface area contributed by atoms with Crippen LogP contribution in [0.1, 0.15) is 31.5 Å². The van der Waals surface area contributed by atoms with E-state index in [2.05, 4.69) is 13.8 Å². The molecule has 0 saturated heterocycles. The van der Waals surface area contributed by atoms with E-state index < -0.39 is 10.0 Å². The molecule has 0 fully saturated rings. The van der Waals surface area contributed by atoms with E-state index in [-0.39, 0.29) is 5.75 Å². The van der Waals surface area contributed by atoms with Crippen molar-refractivity contribution in [1.82, 2.24) is 3.97 Å². The second kappa shape index (κ2) is 7.47. The molecule has 0 unspecified atom stereocenters. The molecule has 4 heteroatoms. The van der Waals surface area contributed by atoms with Gasteiger partial charge in [-0.05, 0) is 24.6 Å². The highest BCUT2D eigenvalue weighted by molar-refractivity contribution is 7.89. The molecular weight excluding hydrogens is 306 g/mol. The van der Waals surface area contributed by atoms with E-state index in [9.17, 15) is 8.42 Å². The number of aromatic nitrogens is 1. The summed E-state index contributed by atoms with van der Waals surface area (Å²) in [6.07, 6.45) is 1.25. The summed E-state index contributed by atoms with van der Waals surface area (Å²) in [5.74, 6) is 0.00730. The van der Waals surface area contributed by atoms with Crippen LogP contribution >= 0.6 is 0 Å². The fraction of sp³-hybridized carbons (Fsp3) is 0.263. The van der Waals surface area contributed by atoms with Crippen LogP contribution in [-0.4, -0.2) is 12.4 Å². The van der Waals surface area contributed by atoms with Gasteiger partial charge in [0.1, 0.15) is 0 Å². The van der Waals surface area contributed by atoms with E-state index in [0.29, 0.717) is 0 Å². The van der Waals surface area contributed by atoms with Crippen LogP contribution in [0.2, 0.25) is 0 Å². The first-order valence-electron chi connectivity index (χ1n) is 7.83. The van der Waals surface area contributed by atoms with E-state index in [1.165, 1.54) is 10.4 Å². The Hall–Kier alpha value is -2.07. The van der Waals surface area contributed by atoms with E-state index >= 15 is 0 Å². The maximum atomic E-state index is 12.7. The van der Waals surface area contributed by atoms with E-state index in [0.717, 1.165) is 22.2 Å². The first-order chi connectivity index (χ1) is 11.0. The summed E-state index contributed by atoms with van der Waals surface area (Å²) in [5, 5.41) is 0.946. The molecule has 1 heterocycles. The zero-order valence-corrected chi connectivity index (χ0v) is 14.7. The van der Waals surface area contributed by atoms with Crippen LogP contribution < -0.4 is 0 Å². The minimum absolute atomic E-state index is 0.00730. The fourth-order valence-electron chi connectivity index (χ4n) is 2.49. The number of para-hydroxylation sites is 1.